The number of aromatic hydroxyl groups is 1. The number of rotatable bonds is 4. The second kappa shape index (κ2) is 5.27. The summed E-state index contributed by atoms with van der Waals surface area (Å²) >= 11 is 0. The number of benzene rings is 1. The van der Waals surface area contributed by atoms with E-state index in [-0.39, 0.29) is 18.8 Å². The second-order valence-electron chi connectivity index (χ2n) is 3.81. The number of phenolic OH excluding ortho intramolecular Hbond substituents is 1. The van der Waals surface area contributed by atoms with Crippen LogP contribution in [0.25, 0.3) is 0 Å². The zero-order valence-electron chi connectivity index (χ0n) is 9.46. The number of anilines is 1. The van der Waals surface area contributed by atoms with Gasteiger partial charge in [0.1, 0.15) is 5.75 Å². The average Bonchev–Trinajstić information content (AvgIpc) is 2.20. The van der Waals surface area contributed by atoms with Gasteiger partial charge >= 0.3 is 6.18 Å². The maximum absolute atomic E-state index is 12.2. The molecular weight excluding hydrogens is 233 g/mol. The van der Waals surface area contributed by atoms with E-state index in [1.54, 1.807) is 6.92 Å². The zero-order valence-corrected chi connectivity index (χ0v) is 9.46. The van der Waals surface area contributed by atoms with E-state index in [9.17, 15) is 18.3 Å². The van der Waals surface area contributed by atoms with Gasteiger partial charge in [0, 0.05) is 17.8 Å². The van der Waals surface area contributed by atoms with Gasteiger partial charge in [0.25, 0.3) is 0 Å². The lowest BCUT2D eigenvalue weighted by Gasteiger charge is -2.22. The fourth-order valence-corrected chi connectivity index (χ4v) is 1.51. The molecule has 0 fully saturated rings. The van der Waals surface area contributed by atoms with E-state index in [1.165, 1.54) is 23.1 Å². The Labute approximate surface area is 97.6 Å². The lowest BCUT2D eigenvalue weighted by molar-refractivity contribution is -0.146. The summed E-state index contributed by atoms with van der Waals surface area (Å²) in [5.74, 6) is -0.0418. The summed E-state index contributed by atoms with van der Waals surface area (Å²) in [4.78, 5) is 1.19. The topological polar surface area (TPSA) is 49.5 Å². The smallest absolute Gasteiger partial charge is 0.401 e. The van der Waals surface area contributed by atoms with E-state index in [2.05, 4.69) is 0 Å². The molecule has 0 aromatic heterocycles. The van der Waals surface area contributed by atoms with Crippen LogP contribution in [-0.4, -0.2) is 29.3 Å². The van der Waals surface area contributed by atoms with Gasteiger partial charge in [0.15, 0.2) is 0 Å². The summed E-state index contributed by atoms with van der Waals surface area (Å²) in [6.07, 6.45) is -4.24. The molecule has 0 unspecified atom stereocenters. The van der Waals surface area contributed by atoms with E-state index in [1.807, 2.05) is 0 Å². The molecule has 3 N–H and O–H groups in total. The van der Waals surface area contributed by atoms with E-state index >= 15 is 0 Å². The third-order valence-electron chi connectivity index (χ3n) is 2.35. The largest absolute Gasteiger partial charge is 0.508 e. The van der Waals surface area contributed by atoms with Gasteiger partial charge in [-0.25, -0.2) is 0 Å². The van der Waals surface area contributed by atoms with Crippen LogP contribution < -0.4 is 5.73 Å². The van der Waals surface area contributed by atoms with Crippen molar-refractivity contribution >= 4 is 5.69 Å². The number of nitrogens with two attached hydrogens (primary N) is 1. The van der Waals surface area contributed by atoms with E-state index in [4.69, 9.17) is 5.73 Å². The van der Waals surface area contributed by atoms with Crippen molar-refractivity contribution in [1.82, 2.24) is 4.90 Å². The highest BCUT2D eigenvalue weighted by atomic mass is 19.4. The number of alkyl halides is 3. The van der Waals surface area contributed by atoms with Crippen LogP contribution in [0.1, 0.15) is 12.5 Å². The Morgan fingerprint density at radius 3 is 2.53 bits per heavy atom. The van der Waals surface area contributed by atoms with Gasteiger partial charge in [-0.05, 0) is 24.7 Å². The molecule has 0 saturated carbocycles. The van der Waals surface area contributed by atoms with Gasteiger partial charge in [-0.1, -0.05) is 6.92 Å². The third-order valence-corrected chi connectivity index (χ3v) is 2.35. The summed E-state index contributed by atoms with van der Waals surface area (Å²) < 4.78 is 36.7. The minimum atomic E-state index is -4.24. The maximum Gasteiger partial charge on any atom is 0.401 e. The molecule has 0 aliphatic carbocycles. The van der Waals surface area contributed by atoms with Crippen molar-refractivity contribution in [2.24, 2.45) is 0 Å². The molecule has 17 heavy (non-hydrogen) atoms. The van der Waals surface area contributed by atoms with Gasteiger partial charge in [0.2, 0.25) is 0 Å². The second-order valence-corrected chi connectivity index (χ2v) is 3.81. The lowest BCUT2D eigenvalue weighted by atomic mass is 10.1. The zero-order chi connectivity index (χ0) is 13.1. The first-order valence-corrected chi connectivity index (χ1v) is 5.18. The van der Waals surface area contributed by atoms with Crippen molar-refractivity contribution < 1.29 is 18.3 Å². The molecule has 0 atom stereocenters. The van der Waals surface area contributed by atoms with Crippen LogP contribution in [0.5, 0.6) is 5.75 Å². The number of hydrogen-bond donors (Lipinski definition) is 2. The lowest BCUT2D eigenvalue weighted by Crippen LogP contribution is -2.33. The van der Waals surface area contributed by atoms with E-state index in [0.29, 0.717) is 11.3 Å². The summed E-state index contributed by atoms with van der Waals surface area (Å²) in [6.45, 7) is 0.896. The molecule has 6 heteroatoms. The standard InChI is InChI=1S/C11H15F3N2O/c1-2-16(7-11(12,13)14)6-8-5-9(15)3-4-10(8)17/h3-5,17H,2,6-7,15H2,1H3. The number of hydrogen-bond acceptors (Lipinski definition) is 3. The Kier molecular flexibility index (Phi) is 4.22. The van der Waals surface area contributed by atoms with Crippen LogP contribution in [0.2, 0.25) is 0 Å². The average molecular weight is 248 g/mol. The number of halogens is 3. The first-order chi connectivity index (χ1) is 7.81. The summed E-state index contributed by atoms with van der Waals surface area (Å²) in [5.41, 5.74) is 6.34. The Morgan fingerprint density at radius 2 is 2.00 bits per heavy atom. The highest BCUT2D eigenvalue weighted by Crippen LogP contribution is 2.23. The maximum atomic E-state index is 12.2. The highest BCUT2D eigenvalue weighted by Gasteiger charge is 2.30. The van der Waals surface area contributed by atoms with Crippen LogP contribution in [0, 0.1) is 0 Å². The van der Waals surface area contributed by atoms with Crippen LogP contribution in [0.15, 0.2) is 18.2 Å². The van der Waals surface area contributed by atoms with Crippen molar-refractivity contribution in [2.45, 2.75) is 19.6 Å². The fraction of sp³-hybridized carbons (Fsp3) is 0.455. The van der Waals surface area contributed by atoms with Crippen molar-refractivity contribution in [2.75, 3.05) is 18.8 Å². The molecule has 96 valence electrons. The monoisotopic (exact) mass is 248 g/mol. The first-order valence-electron chi connectivity index (χ1n) is 5.18. The predicted molar refractivity (Wildman–Crippen MR) is 59.5 cm³/mol. The highest BCUT2D eigenvalue weighted by molar-refractivity contribution is 5.47. The minimum absolute atomic E-state index is 0.0207. The first kappa shape index (κ1) is 13.6. The Balaban J connectivity index is 2.77. The molecule has 1 aromatic rings. The molecule has 3 nitrogen and oxygen atoms in total. The SMILES string of the molecule is CCN(Cc1cc(N)ccc1O)CC(F)(F)F. The summed E-state index contributed by atoms with van der Waals surface area (Å²) in [5, 5.41) is 9.51. The van der Waals surface area contributed by atoms with Gasteiger partial charge in [-0.15, -0.1) is 0 Å². The van der Waals surface area contributed by atoms with Gasteiger partial charge in [0.05, 0.1) is 6.54 Å². The Morgan fingerprint density at radius 1 is 1.35 bits per heavy atom. The molecule has 1 rings (SSSR count). The third kappa shape index (κ3) is 4.52. The van der Waals surface area contributed by atoms with Crippen molar-refractivity contribution in [3.8, 4) is 5.75 Å². The van der Waals surface area contributed by atoms with Crippen LogP contribution in [0.3, 0.4) is 0 Å². The molecule has 0 spiro atoms. The molecule has 1 aromatic carbocycles. The van der Waals surface area contributed by atoms with Gasteiger partial charge in [-0.2, -0.15) is 13.2 Å². The molecule has 0 radical (unpaired) electrons. The van der Waals surface area contributed by atoms with Crippen molar-refractivity contribution in [3.63, 3.8) is 0 Å². The molecule has 0 saturated heterocycles. The number of nitrogens with zero attached hydrogens (tertiary/aromatic N) is 1. The predicted octanol–water partition coefficient (Wildman–Crippen LogP) is 2.36. The molecule has 0 aliphatic rings. The van der Waals surface area contributed by atoms with E-state index in [0.717, 1.165) is 0 Å². The Hall–Kier alpha value is -1.43. The van der Waals surface area contributed by atoms with Crippen LogP contribution in [0.4, 0.5) is 18.9 Å². The molecule has 0 heterocycles. The molecule has 0 aliphatic heterocycles. The molecule has 0 bridgehead atoms. The van der Waals surface area contributed by atoms with Crippen molar-refractivity contribution in [3.05, 3.63) is 23.8 Å². The van der Waals surface area contributed by atoms with Gasteiger partial charge < -0.3 is 10.8 Å². The summed E-state index contributed by atoms with van der Waals surface area (Å²) in [6, 6.07) is 4.36. The fourth-order valence-electron chi connectivity index (χ4n) is 1.51. The number of nitrogen functional groups attached to an aromatic ring is 1. The summed E-state index contributed by atoms with van der Waals surface area (Å²) in [7, 11) is 0. The van der Waals surface area contributed by atoms with Crippen molar-refractivity contribution in [1.29, 1.82) is 0 Å². The number of phenols is 1. The van der Waals surface area contributed by atoms with E-state index < -0.39 is 12.7 Å². The minimum Gasteiger partial charge on any atom is -0.508 e. The van der Waals surface area contributed by atoms with Crippen LogP contribution in [-0.2, 0) is 6.54 Å². The quantitative estimate of drug-likeness (QED) is 0.635. The molecular formula is C11H15F3N2O. The molecule has 0 amide bonds. The van der Waals surface area contributed by atoms with Gasteiger partial charge in [-0.3, -0.25) is 4.90 Å². The Bertz CT molecular complexity index is 379. The van der Waals surface area contributed by atoms with Crippen LogP contribution >= 0.6 is 0 Å². The normalized spacial score (nSPS) is 12.1.